The van der Waals surface area contributed by atoms with Gasteiger partial charge in [-0.05, 0) is 17.7 Å². The van der Waals surface area contributed by atoms with Gasteiger partial charge in [-0.15, -0.1) is 0 Å². The minimum absolute atomic E-state index is 0.0599. The van der Waals surface area contributed by atoms with E-state index in [1.807, 2.05) is 0 Å². The van der Waals surface area contributed by atoms with Crippen LogP contribution in [0.3, 0.4) is 0 Å². The summed E-state index contributed by atoms with van der Waals surface area (Å²) in [6.07, 6.45) is 3.36. The number of hydrogen-bond donors (Lipinski definition) is 1. The molecule has 0 aliphatic carbocycles. The monoisotopic (exact) mass is 233 g/mol. The molecule has 0 spiro atoms. The molecule has 1 fully saturated rings. The van der Waals surface area contributed by atoms with Crippen molar-refractivity contribution in [2.45, 2.75) is 6.42 Å². The average molecular weight is 233 g/mol. The lowest BCUT2D eigenvalue weighted by Gasteiger charge is -2.25. The van der Waals surface area contributed by atoms with E-state index in [2.05, 4.69) is 10.3 Å². The van der Waals surface area contributed by atoms with Gasteiger partial charge in [-0.1, -0.05) is 0 Å². The Morgan fingerprint density at radius 1 is 1.24 bits per heavy atom. The van der Waals surface area contributed by atoms with Crippen LogP contribution in [0.2, 0.25) is 0 Å². The summed E-state index contributed by atoms with van der Waals surface area (Å²) in [4.78, 5) is 39.1. The molecular weight excluding hydrogens is 222 g/mol. The summed E-state index contributed by atoms with van der Waals surface area (Å²) < 4.78 is 0. The van der Waals surface area contributed by atoms with Gasteiger partial charge in [-0.25, -0.2) is 0 Å². The number of nitrogens with zero attached hydrogens (tertiary/aromatic N) is 2. The Balaban J connectivity index is 2.00. The number of rotatable bonds is 2. The lowest BCUT2D eigenvalue weighted by atomic mass is 10.1. The zero-order chi connectivity index (χ0) is 12.3. The summed E-state index contributed by atoms with van der Waals surface area (Å²) in [7, 11) is 0. The van der Waals surface area contributed by atoms with Crippen LogP contribution in [0.15, 0.2) is 24.5 Å². The van der Waals surface area contributed by atoms with Crippen LogP contribution in [-0.2, 0) is 20.8 Å². The molecule has 6 nitrogen and oxygen atoms in total. The number of piperazine rings is 1. The Morgan fingerprint density at radius 2 is 1.82 bits per heavy atom. The number of carbonyl (C=O) groups excluding carboxylic acids is 3. The SMILES string of the molecule is O=C1CN(C(=O)Cc2ccncc2)CC(=O)N1. The van der Waals surface area contributed by atoms with Gasteiger partial charge in [0.15, 0.2) is 0 Å². The normalized spacial score (nSPS) is 15.6. The first-order valence-corrected chi connectivity index (χ1v) is 5.14. The predicted molar refractivity (Wildman–Crippen MR) is 57.7 cm³/mol. The van der Waals surface area contributed by atoms with Crippen molar-refractivity contribution < 1.29 is 14.4 Å². The summed E-state index contributed by atoms with van der Waals surface area (Å²) in [6, 6.07) is 3.45. The first-order valence-electron chi connectivity index (χ1n) is 5.14. The first-order chi connectivity index (χ1) is 8.15. The molecular formula is C11H11N3O3. The van der Waals surface area contributed by atoms with Gasteiger partial charge in [0, 0.05) is 12.4 Å². The molecule has 0 unspecified atom stereocenters. The second-order valence-electron chi connectivity index (χ2n) is 3.75. The summed E-state index contributed by atoms with van der Waals surface area (Å²) in [5.74, 6) is -1.12. The van der Waals surface area contributed by atoms with Crippen molar-refractivity contribution in [3.8, 4) is 0 Å². The minimum Gasteiger partial charge on any atom is -0.324 e. The van der Waals surface area contributed by atoms with E-state index < -0.39 is 11.8 Å². The molecule has 88 valence electrons. The van der Waals surface area contributed by atoms with E-state index in [0.29, 0.717) is 0 Å². The first kappa shape index (κ1) is 11.3. The van der Waals surface area contributed by atoms with Crippen LogP contribution in [0, 0.1) is 0 Å². The van der Waals surface area contributed by atoms with E-state index in [1.54, 1.807) is 24.5 Å². The smallest absolute Gasteiger partial charge is 0.246 e. The summed E-state index contributed by atoms with van der Waals surface area (Å²) >= 11 is 0. The Kier molecular flexibility index (Phi) is 3.13. The molecule has 6 heteroatoms. The van der Waals surface area contributed by atoms with Crippen LogP contribution in [0.4, 0.5) is 0 Å². The van der Waals surface area contributed by atoms with Gasteiger partial charge < -0.3 is 4.90 Å². The Hall–Kier alpha value is -2.24. The van der Waals surface area contributed by atoms with Crippen LogP contribution in [0.25, 0.3) is 0 Å². The predicted octanol–water partition coefficient (Wildman–Crippen LogP) is -0.891. The van der Waals surface area contributed by atoms with Crippen LogP contribution in [0.5, 0.6) is 0 Å². The molecule has 1 N–H and O–H groups in total. The third-order valence-electron chi connectivity index (χ3n) is 2.41. The third-order valence-corrected chi connectivity index (χ3v) is 2.41. The van der Waals surface area contributed by atoms with Gasteiger partial charge in [-0.2, -0.15) is 0 Å². The van der Waals surface area contributed by atoms with Gasteiger partial charge >= 0.3 is 0 Å². The van der Waals surface area contributed by atoms with E-state index in [9.17, 15) is 14.4 Å². The Morgan fingerprint density at radius 3 is 2.41 bits per heavy atom. The van der Waals surface area contributed by atoms with E-state index >= 15 is 0 Å². The largest absolute Gasteiger partial charge is 0.324 e. The van der Waals surface area contributed by atoms with Crippen LogP contribution in [-0.4, -0.2) is 40.7 Å². The fourth-order valence-electron chi connectivity index (χ4n) is 1.60. The molecule has 1 aromatic heterocycles. The van der Waals surface area contributed by atoms with E-state index in [1.165, 1.54) is 4.90 Å². The summed E-state index contributed by atoms with van der Waals surface area (Å²) in [5.41, 5.74) is 0.809. The fraction of sp³-hybridized carbons (Fsp3) is 0.273. The highest BCUT2D eigenvalue weighted by Gasteiger charge is 2.25. The summed E-state index contributed by atoms with van der Waals surface area (Å²) in [6.45, 7) is -0.120. The second kappa shape index (κ2) is 4.73. The van der Waals surface area contributed by atoms with Gasteiger partial charge in [-0.3, -0.25) is 24.7 Å². The fourth-order valence-corrected chi connectivity index (χ4v) is 1.60. The highest BCUT2D eigenvalue weighted by Crippen LogP contribution is 2.03. The number of hydrogen-bond acceptors (Lipinski definition) is 4. The van der Waals surface area contributed by atoms with Crippen molar-refractivity contribution in [3.63, 3.8) is 0 Å². The van der Waals surface area contributed by atoms with Crippen molar-refractivity contribution in [1.82, 2.24) is 15.2 Å². The average Bonchev–Trinajstić information content (AvgIpc) is 2.29. The van der Waals surface area contributed by atoms with Gasteiger partial charge in [0.05, 0.1) is 6.42 Å². The van der Waals surface area contributed by atoms with E-state index in [0.717, 1.165) is 5.56 Å². The number of aromatic nitrogens is 1. The summed E-state index contributed by atoms with van der Waals surface area (Å²) in [5, 5.41) is 2.15. The number of pyridine rings is 1. The molecule has 2 rings (SSSR count). The lowest BCUT2D eigenvalue weighted by Crippen LogP contribution is -2.53. The molecule has 3 amide bonds. The molecule has 0 saturated carbocycles. The number of carbonyl (C=O) groups is 3. The highest BCUT2D eigenvalue weighted by molar-refractivity contribution is 6.02. The van der Waals surface area contributed by atoms with Crippen LogP contribution in [0.1, 0.15) is 5.56 Å². The quantitative estimate of drug-likeness (QED) is 0.672. The molecule has 1 saturated heterocycles. The third kappa shape index (κ3) is 2.87. The van der Waals surface area contributed by atoms with Gasteiger partial charge in [0.2, 0.25) is 17.7 Å². The zero-order valence-electron chi connectivity index (χ0n) is 9.05. The van der Waals surface area contributed by atoms with E-state index in [4.69, 9.17) is 0 Å². The second-order valence-corrected chi connectivity index (χ2v) is 3.75. The lowest BCUT2D eigenvalue weighted by molar-refractivity contribution is -0.145. The highest BCUT2D eigenvalue weighted by atomic mass is 16.2. The Bertz CT molecular complexity index is 442. The maximum atomic E-state index is 11.8. The molecule has 0 bridgehead atoms. The molecule has 0 radical (unpaired) electrons. The van der Waals surface area contributed by atoms with Gasteiger partial charge in [0.1, 0.15) is 13.1 Å². The van der Waals surface area contributed by atoms with Crippen molar-refractivity contribution in [2.24, 2.45) is 0 Å². The Labute approximate surface area is 97.6 Å². The van der Waals surface area contributed by atoms with Crippen molar-refractivity contribution in [1.29, 1.82) is 0 Å². The molecule has 17 heavy (non-hydrogen) atoms. The number of amides is 3. The zero-order valence-corrected chi connectivity index (χ0v) is 9.05. The van der Waals surface area contributed by atoms with Gasteiger partial charge in [0.25, 0.3) is 0 Å². The van der Waals surface area contributed by atoms with Crippen molar-refractivity contribution in [3.05, 3.63) is 30.1 Å². The maximum absolute atomic E-state index is 11.8. The molecule has 0 atom stereocenters. The maximum Gasteiger partial charge on any atom is 0.246 e. The van der Waals surface area contributed by atoms with E-state index in [-0.39, 0.29) is 25.4 Å². The standard InChI is InChI=1S/C11H11N3O3/c15-9-6-14(7-10(16)13-9)11(17)5-8-1-3-12-4-2-8/h1-4H,5-7H2,(H,13,15,16). The molecule has 1 aromatic rings. The van der Waals surface area contributed by atoms with Crippen LogP contribution >= 0.6 is 0 Å². The topological polar surface area (TPSA) is 79.4 Å². The van der Waals surface area contributed by atoms with Crippen molar-refractivity contribution in [2.75, 3.05) is 13.1 Å². The molecule has 1 aliphatic heterocycles. The van der Waals surface area contributed by atoms with Crippen molar-refractivity contribution >= 4 is 17.7 Å². The minimum atomic E-state index is -0.440. The number of imide groups is 1. The molecule has 0 aromatic carbocycles. The van der Waals surface area contributed by atoms with Crippen LogP contribution < -0.4 is 5.32 Å². The molecule has 1 aliphatic rings. The number of nitrogens with one attached hydrogen (secondary N) is 1. The molecule has 2 heterocycles.